The second kappa shape index (κ2) is 32.0. The normalized spacial score (nSPS) is 12.2. The summed E-state index contributed by atoms with van der Waals surface area (Å²) in [5.74, 6) is 0. The molecule has 0 aromatic heterocycles. The maximum atomic E-state index is 14.7. The van der Waals surface area contributed by atoms with E-state index in [0.29, 0.717) is 23.6 Å². The predicted molar refractivity (Wildman–Crippen MR) is 277 cm³/mol. The first-order valence-electron chi connectivity index (χ1n) is 26.4. The zero-order chi connectivity index (χ0) is 46.6. The standard InChI is InChI=1S/2C28H44O3S.Pb/c2*1-3-5-7-9-11-13-15-19-24-23-25-20-17-18-22-27(25)28(32(29,30)31)26(24)21-16-14-12-10-8-6-4-2;/h2*17-18,20,22-23H,3-16,19,21H2,1-2H3,(H,29,30,31);/q;;+2/p-2. The zero-order valence-corrected chi connectivity index (χ0v) is 46.7. The molecule has 6 nitrogen and oxygen atoms in total. The fourth-order valence-corrected chi connectivity index (χ4v) is 17.1. The molecule has 0 saturated carbocycles. The van der Waals surface area contributed by atoms with Crippen molar-refractivity contribution in [3.8, 4) is 0 Å². The van der Waals surface area contributed by atoms with Gasteiger partial charge in [0, 0.05) is 0 Å². The summed E-state index contributed by atoms with van der Waals surface area (Å²) in [6.45, 7) is 8.94. The fraction of sp³-hybridized carbons (Fsp3) is 0.643. The number of hydrogen-bond acceptors (Lipinski definition) is 6. The molecule has 4 aromatic carbocycles. The van der Waals surface area contributed by atoms with Crippen molar-refractivity contribution in [1.29, 1.82) is 0 Å². The van der Waals surface area contributed by atoms with E-state index in [0.717, 1.165) is 110 Å². The van der Waals surface area contributed by atoms with Crippen LogP contribution in [-0.4, -0.2) is 42.0 Å². The van der Waals surface area contributed by atoms with Crippen LogP contribution in [0.4, 0.5) is 0 Å². The topological polar surface area (TPSA) is 86.7 Å². The van der Waals surface area contributed by atoms with Crippen molar-refractivity contribution in [3.63, 3.8) is 0 Å². The molecule has 0 heterocycles. The average molecular weight is 1130 g/mol. The summed E-state index contributed by atoms with van der Waals surface area (Å²) >= 11 is -3.24. The molecule has 0 aliphatic carbocycles. The van der Waals surface area contributed by atoms with Crippen LogP contribution in [0.5, 0.6) is 0 Å². The molecular weight excluding hydrogens is 1040 g/mol. The Hall–Kier alpha value is -1.86. The van der Waals surface area contributed by atoms with Crippen molar-refractivity contribution in [3.05, 3.63) is 82.9 Å². The SMILES string of the molecule is CCCCCCCCCc1cc2ccccc2c(S(=O)(=O)[O][Pb][O]S(=O)(=O)c2c(CCCCCCCCC)c(CCCCCCCCC)cc3ccccc23)c1CCCCCCCCC. The van der Waals surface area contributed by atoms with Crippen LogP contribution in [-0.2, 0) is 50.2 Å². The Bertz CT molecular complexity index is 2010. The number of rotatable bonds is 38. The molecule has 0 spiro atoms. The molecule has 0 amide bonds. The summed E-state index contributed by atoms with van der Waals surface area (Å²) in [5.41, 5.74) is 3.84. The molecule has 2 radical (unpaired) electrons. The van der Waals surface area contributed by atoms with E-state index < -0.39 is 45.4 Å². The molecule has 4 rings (SSSR count). The van der Waals surface area contributed by atoms with Gasteiger partial charge >= 0.3 is 373 Å². The summed E-state index contributed by atoms with van der Waals surface area (Å²) in [5, 5.41) is 3.02. The van der Waals surface area contributed by atoms with E-state index in [1.54, 1.807) is 0 Å². The second-order valence-electron chi connectivity index (χ2n) is 18.8. The first-order valence-corrected chi connectivity index (χ1v) is 32.4. The van der Waals surface area contributed by atoms with E-state index in [1.807, 2.05) is 48.5 Å². The molecule has 0 unspecified atom stereocenters. The van der Waals surface area contributed by atoms with Crippen LogP contribution < -0.4 is 0 Å². The summed E-state index contributed by atoms with van der Waals surface area (Å²) in [6, 6.07) is 19.8. The monoisotopic (exact) mass is 1130 g/mol. The van der Waals surface area contributed by atoms with Crippen molar-refractivity contribution in [2.75, 3.05) is 0 Å². The van der Waals surface area contributed by atoms with Crippen LogP contribution >= 0.6 is 0 Å². The van der Waals surface area contributed by atoms with Gasteiger partial charge in [0.1, 0.15) is 0 Å². The maximum absolute atomic E-state index is 14.7. The quantitative estimate of drug-likeness (QED) is 0.0328. The van der Waals surface area contributed by atoms with Gasteiger partial charge in [-0.15, -0.1) is 0 Å². The molecular formula is C56H86O6PbS2. The summed E-state index contributed by atoms with van der Waals surface area (Å²) < 4.78 is 70.7. The van der Waals surface area contributed by atoms with Crippen molar-refractivity contribution < 1.29 is 21.1 Å². The molecule has 0 fully saturated rings. The van der Waals surface area contributed by atoms with E-state index >= 15 is 0 Å². The van der Waals surface area contributed by atoms with Crippen LogP contribution in [0.1, 0.15) is 230 Å². The van der Waals surface area contributed by atoms with Crippen LogP contribution in [0.3, 0.4) is 0 Å². The van der Waals surface area contributed by atoms with Crippen molar-refractivity contribution in [2.24, 2.45) is 0 Å². The van der Waals surface area contributed by atoms with E-state index in [4.69, 9.17) is 4.27 Å². The smallest absolute Gasteiger partial charge is 0.0654 e. The Kier molecular flexibility index (Phi) is 27.5. The van der Waals surface area contributed by atoms with Gasteiger partial charge in [-0.1, -0.05) is 40.5 Å². The molecule has 0 aliphatic rings. The van der Waals surface area contributed by atoms with Gasteiger partial charge in [0.05, 0.1) is 0 Å². The Morgan fingerprint density at radius 2 is 0.646 bits per heavy atom. The Balaban J connectivity index is 1.64. The summed E-state index contributed by atoms with van der Waals surface area (Å²) in [7, 11) is -8.72. The zero-order valence-electron chi connectivity index (χ0n) is 41.2. The van der Waals surface area contributed by atoms with Gasteiger partial charge in [-0.2, -0.15) is 0 Å². The number of unbranched alkanes of at least 4 members (excludes halogenated alkanes) is 24. The number of fused-ring (bicyclic) bond motifs is 2. The average Bonchev–Trinajstić information content (AvgIpc) is 3.29. The van der Waals surface area contributed by atoms with Crippen LogP contribution in [0, 0.1) is 0 Å². The summed E-state index contributed by atoms with van der Waals surface area (Å²) in [6.07, 6.45) is 35.4. The molecule has 0 N–H and O–H groups in total. The molecule has 0 aliphatic heterocycles. The third kappa shape index (κ3) is 19.2. The van der Waals surface area contributed by atoms with Gasteiger partial charge in [0.2, 0.25) is 0 Å². The third-order valence-electron chi connectivity index (χ3n) is 13.3. The summed E-state index contributed by atoms with van der Waals surface area (Å²) in [4.78, 5) is 0.435. The van der Waals surface area contributed by atoms with Crippen LogP contribution in [0.25, 0.3) is 21.5 Å². The Morgan fingerprint density at radius 1 is 0.369 bits per heavy atom. The van der Waals surface area contributed by atoms with Crippen LogP contribution in [0.15, 0.2) is 70.5 Å². The van der Waals surface area contributed by atoms with E-state index in [1.165, 1.54) is 116 Å². The van der Waals surface area contributed by atoms with Gasteiger partial charge < -0.3 is 0 Å². The minimum Gasteiger partial charge on any atom is -0.0654 e. The molecule has 4 aromatic rings. The molecule has 9 heteroatoms. The Labute approximate surface area is 411 Å². The van der Waals surface area contributed by atoms with E-state index in [-0.39, 0.29) is 9.79 Å². The minimum atomic E-state index is -4.36. The van der Waals surface area contributed by atoms with Crippen molar-refractivity contribution in [2.45, 2.75) is 243 Å². The van der Waals surface area contributed by atoms with E-state index in [9.17, 15) is 16.8 Å². The number of benzene rings is 4. The second-order valence-corrected chi connectivity index (χ2v) is 26.3. The number of aryl methyl sites for hydroxylation is 2. The van der Waals surface area contributed by atoms with Gasteiger partial charge in [0.15, 0.2) is 0 Å². The van der Waals surface area contributed by atoms with Gasteiger partial charge in [-0.25, -0.2) is 0 Å². The van der Waals surface area contributed by atoms with Crippen LogP contribution in [0.2, 0.25) is 0 Å². The minimum absolute atomic E-state index is 0.217. The first-order chi connectivity index (χ1) is 31.7. The van der Waals surface area contributed by atoms with E-state index in [2.05, 4.69) is 39.8 Å². The molecule has 0 atom stereocenters. The molecule has 65 heavy (non-hydrogen) atoms. The molecule has 0 bridgehead atoms. The number of hydrogen-bond donors (Lipinski definition) is 0. The van der Waals surface area contributed by atoms with Crippen molar-refractivity contribution in [1.82, 2.24) is 0 Å². The van der Waals surface area contributed by atoms with Gasteiger partial charge in [0.25, 0.3) is 0 Å². The van der Waals surface area contributed by atoms with Gasteiger partial charge in [-0.05, 0) is 0 Å². The molecule has 0 saturated heterocycles. The fourth-order valence-electron chi connectivity index (χ4n) is 9.64. The molecule has 362 valence electrons. The van der Waals surface area contributed by atoms with Gasteiger partial charge in [-0.3, -0.25) is 0 Å². The first kappa shape index (κ1) is 55.7. The van der Waals surface area contributed by atoms with Crippen molar-refractivity contribution >= 4 is 66.9 Å². The third-order valence-corrected chi connectivity index (χ3v) is 22.6. The predicted octanol–water partition coefficient (Wildman–Crippen LogP) is 16.8. The Morgan fingerprint density at radius 3 is 0.969 bits per heavy atom.